The van der Waals surface area contributed by atoms with Crippen LogP contribution in [0.5, 0.6) is 0 Å². The molecule has 5 nitrogen and oxygen atoms in total. The Morgan fingerprint density at radius 2 is 2.26 bits per heavy atom. The molecule has 2 rings (SSSR count). The van der Waals surface area contributed by atoms with Gasteiger partial charge in [-0.3, -0.25) is 4.79 Å². The first kappa shape index (κ1) is 17.1. The van der Waals surface area contributed by atoms with Crippen LogP contribution < -0.4 is 0 Å². The van der Waals surface area contributed by atoms with E-state index in [9.17, 15) is 19.1 Å². The number of amides is 2. The van der Waals surface area contributed by atoms with Crippen LogP contribution in [-0.2, 0) is 9.53 Å². The summed E-state index contributed by atoms with van der Waals surface area (Å²) in [5, 5.41) is 9.50. The van der Waals surface area contributed by atoms with E-state index in [0.717, 1.165) is 10.5 Å². The van der Waals surface area contributed by atoms with E-state index < -0.39 is 30.3 Å². The largest absolute Gasteiger partial charge is 0.447 e. The zero-order valence-corrected chi connectivity index (χ0v) is 13.2. The zero-order valence-electron chi connectivity index (χ0n) is 13.2. The van der Waals surface area contributed by atoms with Crippen molar-refractivity contribution >= 4 is 17.6 Å². The average molecular weight is 321 g/mol. The van der Waals surface area contributed by atoms with Crippen molar-refractivity contribution in [3.8, 4) is 0 Å². The predicted octanol–water partition coefficient (Wildman–Crippen LogP) is 2.51. The molecular formula is C17H20FNO4. The van der Waals surface area contributed by atoms with Crippen LogP contribution in [0, 0.1) is 18.7 Å². The van der Waals surface area contributed by atoms with Gasteiger partial charge in [-0.1, -0.05) is 18.7 Å². The molecular weight excluding hydrogens is 301 g/mol. The number of rotatable bonds is 5. The maximum Gasteiger partial charge on any atom is 0.416 e. The van der Waals surface area contributed by atoms with E-state index in [1.165, 1.54) is 6.07 Å². The first-order chi connectivity index (χ1) is 10.8. The van der Waals surface area contributed by atoms with Gasteiger partial charge in [-0.05, 0) is 37.5 Å². The van der Waals surface area contributed by atoms with E-state index in [4.69, 9.17) is 4.74 Å². The van der Waals surface area contributed by atoms with Gasteiger partial charge in [0.05, 0.1) is 18.6 Å². The Balaban J connectivity index is 2.14. The number of nitrogens with zero attached hydrogens (tertiary/aromatic N) is 1. The van der Waals surface area contributed by atoms with Gasteiger partial charge in [0.25, 0.3) is 0 Å². The normalized spacial score (nSPS) is 18.7. The van der Waals surface area contributed by atoms with Crippen LogP contribution in [0.25, 0.3) is 5.57 Å². The van der Waals surface area contributed by atoms with E-state index in [-0.39, 0.29) is 19.1 Å². The number of benzene rings is 1. The third kappa shape index (κ3) is 3.59. The molecule has 1 heterocycles. The Bertz CT molecular complexity index is 643. The average Bonchev–Trinajstić information content (AvgIpc) is 2.83. The molecule has 1 fully saturated rings. The van der Waals surface area contributed by atoms with E-state index in [2.05, 4.69) is 6.58 Å². The number of cyclic esters (lactones) is 1. The Hall–Kier alpha value is -2.21. The molecule has 0 spiro atoms. The minimum atomic E-state index is -0.865. The highest BCUT2D eigenvalue weighted by molar-refractivity contribution is 5.95. The van der Waals surface area contributed by atoms with Crippen LogP contribution in [0.1, 0.15) is 24.5 Å². The lowest BCUT2D eigenvalue weighted by Gasteiger charge is -2.22. The number of aliphatic hydroxyl groups excluding tert-OH is 1. The van der Waals surface area contributed by atoms with Crippen molar-refractivity contribution in [2.75, 3.05) is 13.2 Å². The molecule has 1 aromatic rings. The maximum atomic E-state index is 14.0. The molecule has 0 saturated carbocycles. The second-order valence-electron chi connectivity index (χ2n) is 5.80. The first-order valence-corrected chi connectivity index (χ1v) is 7.40. The molecule has 2 atom stereocenters. The Kier molecular flexibility index (Phi) is 5.15. The van der Waals surface area contributed by atoms with E-state index in [1.54, 1.807) is 26.0 Å². The van der Waals surface area contributed by atoms with Gasteiger partial charge in [-0.2, -0.15) is 0 Å². The van der Waals surface area contributed by atoms with Crippen LogP contribution in [-0.4, -0.2) is 41.3 Å². The minimum Gasteiger partial charge on any atom is -0.447 e. The monoisotopic (exact) mass is 321 g/mol. The second kappa shape index (κ2) is 6.91. The molecule has 1 aliphatic rings. The number of hydrogen-bond donors (Lipinski definition) is 1. The number of carbonyl (C=O) groups is 2. The summed E-state index contributed by atoms with van der Waals surface area (Å²) < 4.78 is 18.8. The summed E-state index contributed by atoms with van der Waals surface area (Å²) in [6.45, 7) is 6.95. The van der Waals surface area contributed by atoms with Crippen molar-refractivity contribution in [1.82, 2.24) is 4.90 Å². The lowest BCUT2D eigenvalue weighted by Crippen LogP contribution is -2.42. The molecule has 124 valence electrons. The van der Waals surface area contributed by atoms with Gasteiger partial charge in [0.1, 0.15) is 12.4 Å². The van der Waals surface area contributed by atoms with Crippen molar-refractivity contribution in [2.24, 2.45) is 5.92 Å². The highest BCUT2D eigenvalue weighted by Crippen LogP contribution is 2.26. The minimum absolute atomic E-state index is 0.0613. The molecule has 0 aromatic heterocycles. The number of halogens is 1. The molecule has 6 heteroatoms. The molecule has 1 saturated heterocycles. The van der Waals surface area contributed by atoms with Crippen molar-refractivity contribution in [3.05, 3.63) is 41.7 Å². The fourth-order valence-electron chi connectivity index (χ4n) is 2.56. The molecule has 0 aliphatic carbocycles. The standard InChI is InChI=1S/C17H20FNO4/c1-10-4-5-14(15(18)6-10)11(2)7-13(8-20)16(21)19-12(3)9-23-17(19)22/h4-6,12-13,20H,2,7-9H2,1,3H3/t12-,13-/m0/s1. The number of allylic oxidation sites excluding steroid dienone is 1. The molecule has 2 amide bonds. The molecule has 0 bridgehead atoms. The van der Waals surface area contributed by atoms with E-state index >= 15 is 0 Å². The summed E-state index contributed by atoms with van der Waals surface area (Å²) in [6.07, 6.45) is -0.653. The SMILES string of the molecule is C=C(C[C@@H](CO)C(=O)N1C(=O)OC[C@@H]1C)c1ccc(C)cc1F. The van der Waals surface area contributed by atoms with E-state index in [1.807, 2.05) is 0 Å². The molecule has 1 aliphatic heterocycles. The van der Waals surface area contributed by atoms with Gasteiger partial charge in [0.15, 0.2) is 0 Å². The van der Waals surface area contributed by atoms with Crippen LogP contribution in [0.15, 0.2) is 24.8 Å². The van der Waals surface area contributed by atoms with E-state index in [0.29, 0.717) is 11.1 Å². The van der Waals surface area contributed by atoms with Crippen molar-refractivity contribution in [3.63, 3.8) is 0 Å². The number of aryl methyl sites for hydroxylation is 1. The molecule has 1 N–H and O–H groups in total. The molecule has 0 unspecified atom stereocenters. The number of imide groups is 1. The fraction of sp³-hybridized carbons (Fsp3) is 0.412. The molecule has 1 aromatic carbocycles. The number of hydrogen-bond acceptors (Lipinski definition) is 4. The van der Waals surface area contributed by atoms with Gasteiger partial charge in [0.2, 0.25) is 5.91 Å². The summed E-state index contributed by atoms with van der Waals surface area (Å²) in [6, 6.07) is 4.35. The topological polar surface area (TPSA) is 66.8 Å². The fourth-order valence-corrected chi connectivity index (χ4v) is 2.56. The first-order valence-electron chi connectivity index (χ1n) is 7.40. The Labute approximate surface area is 134 Å². The summed E-state index contributed by atoms with van der Waals surface area (Å²) in [7, 11) is 0. The smallest absolute Gasteiger partial charge is 0.416 e. The van der Waals surface area contributed by atoms with Gasteiger partial charge < -0.3 is 9.84 Å². The molecule has 23 heavy (non-hydrogen) atoms. The lowest BCUT2D eigenvalue weighted by molar-refractivity contribution is -0.134. The zero-order chi connectivity index (χ0) is 17.1. The quantitative estimate of drug-likeness (QED) is 0.905. The Morgan fingerprint density at radius 3 is 2.78 bits per heavy atom. The Morgan fingerprint density at radius 1 is 1.57 bits per heavy atom. The molecule has 0 radical (unpaired) electrons. The van der Waals surface area contributed by atoms with Crippen LogP contribution >= 0.6 is 0 Å². The summed E-state index contributed by atoms with van der Waals surface area (Å²) in [4.78, 5) is 25.0. The second-order valence-corrected chi connectivity index (χ2v) is 5.80. The van der Waals surface area contributed by atoms with Gasteiger partial charge >= 0.3 is 6.09 Å². The highest BCUT2D eigenvalue weighted by atomic mass is 19.1. The number of aliphatic hydroxyl groups is 1. The highest BCUT2D eigenvalue weighted by Gasteiger charge is 2.38. The third-order valence-electron chi connectivity index (χ3n) is 3.89. The third-order valence-corrected chi connectivity index (χ3v) is 3.89. The lowest BCUT2D eigenvalue weighted by atomic mass is 9.93. The summed E-state index contributed by atoms with van der Waals surface area (Å²) in [5.41, 5.74) is 1.48. The summed E-state index contributed by atoms with van der Waals surface area (Å²) in [5.74, 6) is -1.82. The number of carbonyl (C=O) groups excluding carboxylic acids is 2. The van der Waals surface area contributed by atoms with Gasteiger partial charge in [-0.25, -0.2) is 14.1 Å². The van der Waals surface area contributed by atoms with Crippen LogP contribution in [0.4, 0.5) is 9.18 Å². The van der Waals surface area contributed by atoms with Crippen LogP contribution in [0.2, 0.25) is 0 Å². The predicted molar refractivity (Wildman–Crippen MR) is 83.0 cm³/mol. The number of ether oxygens (including phenoxy) is 1. The van der Waals surface area contributed by atoms with Crippen LogP contribution in [0.3, 0.4) is 0 Å². The maximum absolute atomic E-state index is 14.0. The van der Waals surface area contributed by atoms with Crippen molar-refractivity contribution in [2.45, 2.75) is 26.3 Å². The van der Waals surface area contributed by atoms with Crippen molar-refractivity contribution < 1.29 is 23.8 Å². The van der Waals surface area contributed by atoms with Gasteiger partial charge in [0, 0.05) is 5.56 Å². The van der Waals surface area contributed by atoms with Gasteiger partial charge in [-0.15, -0.1) is 0 Å². The van der Waals surface area contributed by atoms with Crippen molar-refractivity contribution in [1.29, 1.82) is 0 Å². The summed E-state index contributed by atoms with van der Waals surface area (Å²) >= 11 is 0.